The molecule has 1 fully saturated rings. The molecule has 5 atom stereocenters. The Labute approximate surface area is 240 Å². The fourth-order valence-corrected chi connectivity index (χ4v) is 10.6. The molecule has 3 aromatic rings. The van der Waals surface area contributed by atoms with E-state index in [9.17, 15) is 15.4 Å². The number of hydrogen-bond donors (Lipinski definition) is 1. The fourth-order valence-electron chi connectivity index (χ4n) is 5.29. The van der Waals surface area contributed by atoms with Gasteiger partial charge in [0.1, 0.15) is 29.8 Å². The lowest BCUT2D eigenvalue weighted by atomic mass is 9.98. The van der Waals surface area contributed by atoms with Crippen LogP contribution in [0.5, 0.6) is 0 Å². The van der Waals surface area contributed by atoms with E-state index in [1.807, 2.05) is 42.7 Å². The number of ether oxygens (including phenoxy) is 2. The van der Waals surface area contributed by atoms with Crippen molar-refractivity contribution in [2.45, 2.75) is 55.6 Å². The van der Waals surface area contributed by atoms with Gasteiger partial charge in [0.05, 0.1) is 12.2 Å². The zero-order chi connectivity index (χ0) is 28.8. The van der Waals surface area contributed by atoms with Crippen molar-refractivity contribution in [2.75, 3.05) is 12.9 Å². The summed E-state index contributed by atoms with van der Waals surface area (Å²) in [6, 6.07) is 28.0. The number of esters is 1. The van der Waals surface area contributed by atoms with Crippen molar-refractivity contribution in [1.29, 1.82) is 0 Å². The summed E-state index contributed by atoms with van der Waals surface area (Å²) in [4.78, 5) is 15.9. The van der Waals surface area contributed by atoms with Crippen LogP contribution in [-0.2, 0) is 13.9 Å². The average Bonchev–Trinajstić information content (AvgIpc) is 2.97. The van der Waals surface area contributed by atoms with E-state index in [4.69, 9.17) is 13.9 Å². The Morgan fingerprint density at radius 1 is 1.00 bits per heavy atom. The normalized spacial score (nSPS) is 23.2. The minimum atomic E-state index is -2.92. The first-order valence-electron chi connectivity index (χ1n) is 13.1. The van der Waals surface area contributed by atoms with Crippen molar-refractivity contribution in [1.82, 2.24) is 0 Å². The van der Waals surface area contributed by atoms with Crippen LogP contribution in [0.1, 0.15) is 31.1 Å². The summed E-state index contributed by atoms with van der Waals surface area (Å²) < 4.78 is 19.1. The molecule has 1 aliphatic rings. The average molecular weight is 578 g/mol. The van der Waals surface area contributed by atoms with E-state index in [1.165, 1.54) is 11.8 Å². The second-order valence-electron chi connectivity index (χ2n) is 10.7. The number of benzene rings is 3. The first-order valence-corrected chi connectivity index (χ1v) is 16.3. The summed E-state index contributed by atoms with van der Waals surface area (Å²) >= 11 is 1.32. The van der Waals surface area contributed by atoms with Crippen LogP contribution in [0, 0.1) is 0 Å². The Kier molecular flexibility index (Phi) is 9.73. The molecule has 0 aliphatic carbocycles. The topological polar surface area (TPSA) is 114 Å². The van der Waals surface area contributed by atoms with Gasteiger partial charge in [-0.05, 0) is 39.3 Å². The molecular weight excluding hydrogens is 542 g/mol. The van der Waals surface area contributed by atoms with Gasteiger partial charge in [0.25, 0.3) is 8.32 Å². The zero-order valence-electron chi connectivity index (χ0n) is 23.1. The molecule has 1 aliphatic heterocycles. The van der Waals surface area contributed by atoms with E-state index in [2.05, 4.69) is 55.1 Å². The highest BCUT2D eigenvalue weighted by Gasteiger charge is 2.53. The molecule has 3 aromatic carbocycles. The first-order chi connectivity index (χ1) is 19.2. The van der Waals surface area contributed by atoms with Crippen molar-refractivity contribution >= 4 is 36.4 Å². The van der Waals surface area contributed by atoms with Crippen molar-refractivity contribution < 1.29 is 23.8 Å². The van der Waals surface area contributed by atoms with E-state index >= 15 is 0 Å². The second-order valence-corrected chi connectivity index (χ2v) is 15.9. The van der Waals surface area contributed by atoms with Gasteiger partial charge in [-0.2, -0.15) is 0 Å². The highest BCUT2D eigenvalue weighted by atomic mass is 32.2. The zero-order valence-corrected chi connectivity index (χ0v) is 24.9. The van der Waals surface area contributed by atoms with Gasteiger partial charge in [-0.25, -0.2) is 4.79 Å². The third kappa shape index (κ3) is 6.12. The first kappa shape index (κ1) is 29.9. The molecule has 10 heteroatoms. The molecule has 0 spiro atoms. The summed E-state index contributed by atoms with van der Waals surface area (Å²) in [6.45, 7) is 6.56. The predicted molar refractivity (Wildman–Crippen MR) is 160 cm³/mol. The highest BCUT2D eigenvalue weighted by molar-refractivity contribution is 7.99. The van der Waals surface area contributed by atoms with Crippen LogP contribution >= 0.6 is 11.8 Å². The minimum Gasteiger partial charge on any atom is -0.455 e. The SMILES string of the molecule is CS[C@@H]1OC(CO[Si](c2ccccc2)(c2ccccc2)C(C)(C)C)[C@H](O)[C@H](OC(=O)c2ccccc2)C1N=[N+]=[N-]. The van der Waals surface area contributed by atoms with Gasteiger partial charge >= 0.3 is 5.97 Å². The number of azide groups is 1. The number of nitrogens with zero attached hydrogens (tertiary/aromatic N) is 3. The molecule has 1 heterocycles. The number of aliphatic hydroxyl groups excluding tert-OH is 1. The van der Waals surface area contributed by atoms with Gasteiger partial charge in [-0.1, -0.05) is 105 Å². The Balaban J connectivity index is 1.69. The molecule has 1 saturated heterocycles. The van der Waals surface area contributed by atoms with Crippen LogP contribution in [0.4, 0.5) is 0 Å². The highest BCUT2D eigenvalue weighted by Crippen LogP contribution is 2.38. The third-order valence-corrected chi connectivity index (χ3v) is 13.1. The van der Waals surface area contributed by atoms with Gasteiger partial charge in [-0.3, -0.25) is 0 Å². The van der Waals surface area contributed by atoms with Crippen molar-refractivity contribution in [3.8, 4) is 0 Å². The Morgan fingerprint density at radius 3 is 2.00 bits per heavy atom. The predicted octanol–water partition coefficient (Wildman–Crippen LogP) is 4.92. The fraction of sp³-hybridized carbons (Fsp3) is 0.367. The van der Waals surface area contributed by atoms with Crippen molar-refractivity contribution in [2.24, 2.45) is 5.11 Å². The van der Waals surface area contributed by atoms with Crippen LogP contribution < -0.4 is 10.4 Å². The summed E-state index contributed by atoms with van der Waals surface area (Å²) in [7, 11) is -2.92. The van der Waals surface area contributed by atoms with Gasteiger partial charge in [0, 0.05) is 4.91 Å². The van der Waals surface area contributed by atoms with Gasteiger partial charge in [0.2, 0.25) is 0 Å². The van der Waals surface area contributed by atoms with E-state index in [0.717, 1.165) is 10.4 Å². The molecule has 0 saturated carbocycles. The quantitative estimate of drug-likeness (QED) is 0.127. The number of aliphatic hydroxyl groups is 1. The Bertz CT molecular complexity index is 1260. The monoisotopic (exact) mass is 577 g/mol. The van der Waals surface area contributed by atoms with Gasteiger partial charge in [0.15, 0.2) is 0 Å². The largest absolute Gasteiger partial charge is 0.455 e. The molecule has 210 valence electrons. The summed E-state index contributed by atoms with van der Waals surface area (Å²) in [5, 5.41) is 17.3. The molecule has 1 N–H and O–H groups in total. The Hall–Kier alpha value is -3.11. The number of rotatable bonds is 9. The molecule has 2 unspecified atom stereocenters. The van der Waals surface area contributed by atoms with E-state index in [0.29, 0.717) is 5.56 Å². The van der Waals surface area contributed by atoms with Crippen molar-refractivity contribution in [3.05, 3.63) is 107 Å². The number of thioether (sulfide) groups is 1. The van der Waals surface area contributed by atoms with E-state index < -0.39 is 44.1 Å². The van der Waals surface area contributed by atoms with E-state index in [-0.39, 0.29) is 11.6 Å². The van der Waals surface area contributed by atoms with Crippen LogP contribution in [0.25, 0.3) is 10.4 Å². The standard InChI is InChI=1S/C30H35N3O5SSi/c1-30(2,3)40(22-16-10-6-11-17-22,23-18-12-7-13-19-23)36-20-24-26(34)27(25(32-33-31)29(37-24)39-4)38-28(35)21-14-8-5-9-15-21/h5-19,24-27,29,34H,20H2,1-4H3/t24?,25?,26-,27+,29-/m0/s1. The van der Waals surface area contributed by atoms with Gasteiger partial charge in [-0.15, -0.1) is 11.8 Å². The summed E-state index contributed by atoms with van der Waals surface area (Å²) in [6.07, 6.45) is -1.43. The number of hydrogen-bond acceptors (Lipinski definition) is 7. The summed E-state index contributed by atoms with van der Waals surface area (Å²) in [5.74, 6) is -0.615. The molecule has 0 bridgehead atoms. The molecule has 0 amide bonds. The number of carbonyl (C=O) groups excluding carboxylic acids is 1. The lowest BCUT2D eigenvalue weighted by molar-refractivity contribution is -0.165. The van der Waals surface area contributed by atoms with Crippen LogP contribution in [0.2, 0.25) is 5.04 Å². The maximum absolute atomic E-state index is 13.0. The molecule has 0 radical (unpaired) electrons. The van der Waals surface area contributed by atoms with Crippen LogP contribution in [0.3, 0.4) is 0 Å². The summed E-state index contributed by atoms with van der Waals surface area (Å²) in [5.41, 5.74) is 8.94. The molecular formula is C30H35N3O5SSi. The second kappa shape index (κ2) is 13.0. The minimum absolute atomic E-state index is 0.0495. The van der Waals surface area contributed by atoms with Crippen LogP contribution in [-0.4, -0.2) is 62.0 Å². The maximum Gasteiger partial charge on any atom is 0.338 e. The smallest absolute Gasteiger partial charge is 0.338 e. The molecule has 40 heavy (non-hydrogen) atoms. The third-order valence-electron chi connectivity index (χ3n) is 7.19. The Morgan fingerprint density at radius 2 is 1.52 bits per heavy atom. The molecule has 8 nitrogen and oxygen atoms in total. The lowest BCUT2D eigenvalue weighted by Crippen LogP contribution is -2.68. The van der Waals surface area contributed by atoms with E-state index in [1.54, 1.807) is 30.3 Å². The molecule has 0 aromatic heterocycles. The van der Waals surface area contributed by atoms with Crippen LogP contribution in [0.15, 0.2) is 96.1 Å². The maximum atomic E-state index is 13.0. The number of carbonyl (C=O) groups is 1. The molecule has 4 rings (SSSR count). The lowest BCUT2D eigenvalue weighted by Gasteiger charge is -2.46. The van der Waals surface area contributed by atoms with Gasteiger partial charge < -0.3 is 19.0 Å². The van der Waals surface area contributed by atoms with Crippen molar-refractivity contribution in [3.63, 3.8) is 0 Å².